The Morgan fingerprint density at radius 1 is 1.47 bits per heavy atom. The Balaban J connectivity index is 2.40. The molecule has 0 saturated heterocycles. The van der Waals surface area contributed by atoms with E-state index < -0.39 is 0 Å². The van der Waals surface area contributed by atoms with Crippen LogP contribution in [0.2, 0.25) is 0 Å². The molecule has 0 aliphatic carbocycles. The summed E-state index contributed by atoms with van der Waals surface area (Å²) in [5.41, 5.74) is 0.173. The van der Waals surface area contributed by atoms with Gasteiger partial charge in [0.2, 0.25) is 0 Å². The van der Waals surface area contributed by atoms with Crippen molar-refractivity contribution in [2.75, 3.05) is 11.5 Å². The van der Waals surface area contributed by atoms with E-state index in [0.29, 0.717) is 6.04 Å². The van der Waals surface area contributed by atoms with Crippen molar-refractivity contribution in [3.63, 3.8) is 0 Å². The van der Waals surface area contributed by atoms with Gasteiger partial charge in [-0.25, -0.2) is 4.98 Å². The summed E-state index contributed by atoms with van der Waals surface area (Å²) in [6.45, 7) is 12.0. The Bertz CT molecular complexity index is 328. The third kappa shape index (κ3) is 5.40. The maximum absolute atomic E-state index is 4.50. The second-order valence-electron chi connectivity index (χ2n) is 5.32. The first-order valence-electron chi connectivity index (χ1n) is 6.19. The minimum absolute atomic E-state index is 0.173. The Hall–Kier alpha value is -0.0600. The van der Waals surface area contributed by atoms with E-state index in [-0.39, 0.29) is 5.41 Å². The second kappa shape index (κ2) is 6.76. The molecule has 1 rings (SSSR count). The van der Waals surface area contributed by atoms with Gasteiger partial charge in [0.25, 0.3) is 0 Å². The van der Waals surface area contributed by atoms with Crippen LogP contribution in [-0.4, -0.2) is 22.5 Å². The highest BCUT2D eigenvalue weighted by Gasteiger charge is 2.17. The van der Waals surface area contributed by atoms with E-state index in [1.165, 1.54) is 21.4 Å². The molecule has 0 radical (unpaired) electrons. The van der Waals surface area contributed by atoms with Gasteiger partial charge in [-0.3, -0.25) is 0 Å². The van der Waals surface area contributed by atoms with E-state index in [1.54, 1.807) is 0 Å². The van der Waals surface area contributed by atoms with E-state index in [9.17, 15) is 0 Å². The SMILES string of the molecule is CCSCC(C)NCc1cnc(C(C)(C)C)s1. The number of hydrogen-bond acceptors (Lipinski definition) is 4. The molecule has 0 aromatic carbocycles. The average molecular weight is 272 g/mol. The van der Waals surface area contributed by atoms with Crippen molar-refractivity contribution in [2.24, 2.45) is 0 Å². The first-order valence-corrected chi connectivity index (χ1v) is 8.17. The van der Waals surface area contributed by atoms with E-state index in [4.69, 9.17) is 0 Å². The van der Waals surface area contributed by atoms with E-state index >= 15 is 0 Å². The zero-order valence-electron chi connectivity index (χ0n) is 11.5. The Labute approximate surface area is 114 Å². The number of rotatable bonds is 6. The van der Waals surface area contributed by atoms with Gasteiger partial charge in [-0.2, -0.15) is 11.8 Å². The standard InChI is InChI=1S/C13H24N2S2/c1-6-16-9-10(2)14-7-11-8-15-12(17-11)13(3,4)5/h8,10,14H,6-7,9H2,1-5H3. The van der Waals surface area contributed by atoms with Crippen LogP contribution < -0.4 is 5.32 Å². The van der Waals surface area contributed by atoms with Crippen molar-refractivity contribution in [3.05, 3.63) is 16.1 Å². The Morgan fingerprint density at radius 3 is 2.71 bits per heavy atom. The van der Waals surface area contributed by atoms with Gasteiger partial charge >= 0.3 is 0 Å². The van der Waals surface area contributed by atoms with Crippen LogP contribution in [0, 0.1) is 0 Å². The Kier molecular flexibility index (Phi) is 5.97. The molecule has 0 bridgehead atoms. The minimum Gasteiger partial charge on any atom is -0.309 e. The number of aromatic nitrogens is 1. The maximum Gasteiger partial charge on any atom is 0.0981 e. The lowest BCUT2D eigenvalue weighted by Crippen LogP contribution is -2.27. The number of thioether (sulfide) groups is 1. The predicted molar refractivity (Wildman–Crippen MR) is 80.1 cm³/mol. The molecule has 98 valence electrons. The van der Waals surface area contributed by atoms with Crippen LogP contribution in [0.4, 0.5) is 0 Å². The minimum atomic E-state index is 0.173. The van der Waals surface area contributed by atoms with Crippen molar-refractivity contribution < 1.29 is 0 Å². The highest BCUT2D eigenvalue weighted by molar-refractivity contribution is 7.99. The molecule has 1 heterocycles. The lowest BCUT2D eigenvalue weighted by molar-refractivity contribution is 0.585. The first kappa shape index (κ1) is 15.0. The predicted octanol–water partition coefficient (Wildman–Crippen LogP) is 3.67. The highest BCUT2D eigenvalue weighted by Crippen LogP contribution is 2.26. The summed E-state index contributed by atoms with van der Waals surface area (Å²) < 4.78 is 0. The molecule has 0 amide bonds. The second-order valence-corrected chi connectivity index (χ2v) is 7.76. The molecular formula is C13H24N2S2. The van der Waals surface area contributed by atoms with Crippen LogP contribution in [0.5, 0.6) is 0 Å². The topological polar surface area (TPSA) is 24.9 Å². The normalized spacial score (nSPS) is 13.9. The number of thiazole rings is 1. The third-order valence-corrected chi connectivity index (χ3v) is 4.96. The monoisotopic (exact) mass is 272 g/mol. The summed E-state index contributed by atoms with van der Waals surface area (Å²) >= 11 is 3.81. The molecule has 2 nitrogen and oxygen atoms in total. The Morgan fingerprint density at radius 2 is 2.18 bits per heavy atom. The number of hydrogen-bond donors (Lipinski definition) is 1. The van der Waals surface area contributed by atoms with Crippen LogP contribution >= 0.6 is 23.1 Å². The van der Waals surface area contributed by atoms with Crippen LogP contribution in [-0.2, 0) is 12.0 Å². The van der Waals surface area contributed by atoms with Crippen LogP contribution in [0.15, 0.2) is 6.20 Å². The first-order chi connectivity index (χ1) is 7.93. The summed E-state index contributed by atoms with van der Waals surface area (Å²) in [5, 5.41) is 4.77. The largest absolute Gasteiger partial charge is 0.309 e. The van der Waals surface area contributed by atoms with Gasteiger partial charge in [-0.05, 0) is 12.7 Å². The lowest BCUT2D eigenvalue weighted by atomic mass is 9.98. The number of nitrogens with one attached hydrogen (secondary N) is 1. The molecule has 0 aliphatic rings. The zero-order chi connectivity index (χ0) is 12.9. The fourth-order valence-corrected chi connectivity index (χ4v) is 2.99. The molecule has 4 heteroatoms. The quantitative estimate of drug-likeness (QED) is 0.855. The molecule has 1 N–H and O–H groups in total. The van der Waals surface area contributed by atoms with Crippen LogP contribution in [0.1, 0.15) is 44.5 Å². The highest BCUT2D eigenvalue weighted by atomic mass is 32.2. The molecule has 17 heavy (non-hydrogen) atoms. The van der Waals surface area contributed by atoms with Gasteiger partial charge < -0.3 is 5.32 Å². The van der Waals surface area contributed by atoms with Crippen molar-refractivity contribution >= 4 is 23.1 Å². The fraction of sp³-hybridized carbons (Fsp3) is 0.769. The smallest absolute Gasteiger partial charge is 0.0981 e. The van der Waals surface area contributed by atoms with Crippen molar-refractivity contribution in [2.45, 2.75) is 52.6 Å². The van der Waals surface area contributed by atoms with Gasteiger partial charge in [0.05, 0.1) is 5.01 Å². The van der Waals surface area contributed by atoms with Crippen LogP contribution in [0.25, 0.3) is 0 Å². The van der Waals surface area contributed by atoms with Crippen molar-refractivity contribution in [1.29, 1.82) is 0 Å². The van der Waals surface area contributed by atoms with E-state index in [0.717, 1.165) is 6.54 Å². The average Bonchev–Trinajstić information content (AvgIpc) is 2.71. The van der Waals surface area contributed by atoms with Gasteiger partial charge in [0.1, 0.15) is 0 Å². The van der Waals surface area contributed by atoms with Crippen LogP contribution in [0.3, 0.4) is 0 Å². The summed E-state index contributed by atoms with van der Waals surface area (Å²) in [7, 11) is 0. The van der Waals surface area contributed by atoms with Gasteiger partial charge in [0.15, 0.2) is 0 Å². The maximum atomic E-state index is 4.50. The molecule has 0 saturated carbocycles. The summed E-state index contributed by atoms with van der Waals surface area (Å²) in [5.74, 6) is 2.38. The molecule has 0 fully saturated rings. The fourth-order valence-electron chi connectivity index (χ4n) is 1.36. The molecule has 1 aromatic rings. The van der Waals surface area contributed by atoms with Gasteiger partial charge in [-0.1, -0.05) is 27.7 Å². The third-order valence-electron chi connectivity index (χ3n) is 2.39. The molecule has 0 spiro atoms. The number of nitrogens with zero attached hydrogens (tertiary/aromatic N) is 1. The molecule has 0 aliphatic heterocycles. The molecule has 1 aromatic heterocycles. The van der Waals surface area contributed by atoms with Gasteiger partial charge in [-0.15, -0.1) is 11.3 Å². The zero-order valence-corrected chi connectivity index (χ0v) is 13.2. The van der Waals surface area contributed by atoms with Crippen molar-refractivity contribution in [1.82, 2.24) is 10.3 Å². The summed E-state index contributed by atoms with van der Waals surface area (Å²) in [4.78, 5) is 5.84. The lowest BCUT2D eigenvalue weighted by Gasteiger charge is -2.14. The van der Waals surface area contributed by atoms with E-state index in [1.807, 2.05) is 29.3 Å². The summed E-state index contributed by atoms with van der Waals surface area (Å²) in [6.07, 6.45) is 2.01. The molecular weight excluding hydrogens is 248 g/mol. The van der Waals surface area contributed by atoms with E-state index in [2.05, 4.69) is 44.9 Å². The molecule has 1 atom stereocenters. The molecule has 1 unspecified atom stereocenters. The summed E-state index contributed by atoms with van der Waals surface area (Å²) in [6, 6.07) is 0.570. The van der Waals surface area contributed by atoms with Gasteiger partial charge in [0, 0.05) is 34.8 Å². The van der Waals surface area contributed by atoms with Crippen molar-refractivity contribution in [3.8, 4) is 0 Å².